The van der Waals surface area contributed by atoms with Crippen LogP contribution in [0.4, 0.5) is 0 Å². The molecule has 0 aromatic heterocycles. The first-order valence-corrected chi connectivity index (χ1v) is 7.74. The first kappa shape index (κ1) is 13.8. The normalized spacial score (nSPS) is 11.4. The minimum absolute atomic E-state index is 0.0234. The molecule has 2 aromatic carbocycles. The molecule has 19 heavy (non-hydrogen) atoms. The van der Waals surface area contributed by atoms with Crippen molar-refractivity contribution in [2.75, 3.05) is 0 Å². The van der Waals surface area contributed by atoms with Gasteiger partial charge in [-0.3, -0.25) is 5.32 Å². The summed E-state index contributed by atoms with van der Waals surface area (Å²) in [7, 11) is -3.24. The van der Waals surface area contributed by atoms with E-state index >= 15 is 0 Å². The molecule has 0 heterocycles. The number of sulfone groups is 1. The molecule has 0 aliphatic carbocycles. The highest BCUT2D eigenvalue weighted by Crippen LogP contribution is 2.07. The van der Waals surface area contributed by atoms with Crippen molar-refractivity contribution < 1.29 is 8.42 Å². The Balaban J connectivity index is 1.85. The zero-order chi connectivity index (χ0) is 13.6. The summed E-state index contributed by atoms with van der Waals surface area (Å²) in [6.45, 7) is 0.509. The molecular weight excluding hydrogens is 258 g/mol. The van der Waals surface area contributed by atoms with Gasteiger partial charge in [0.2, 0.25) is 0 Å². The Morgan fingerprint density at radius 2 is 1.37 bits per heavy atom. The SMILES string of the molecule is O=S(=O)([CH]NCc1ccccc1)Cc1ccccc1. The van der Waals surface area contributed by atoms with Gasteiger partial charge in [0.05, 0.1) is 5.75 Å². The van der Waals surface area contributed by atoms with E-state index in [2.05, 4.69) is 5.32 Å². The van der Waals surface area contributed by atoms with Gasteiger partial charge in [-0.25, -0.2) is 8.42 Å². The number of hydrogen-bond donors (Lipinski definition) is 1. The predicted octanol–water partition coefficient (Wildman–Crippen LogP) is 2.51. The second kappa shape index (κ2) is 6.50. The number of benzene rings is 2. The fourth-order valence-electron chi connectivity index (χ4n) is 1.73. The molecule has 2 aromatic rings. The molecule has 99 valence electrons. The van der Waals surface area contributed by atoms with E-state index in [-0.39, 0.29) is 5.75 Å². The van der Waals surface area contributed by atoms with Crippen LogP contribution < -0.4 is 5.32 Å². The summed E-state index contributed by atoms with van der Waals surface area (Å²) in [6, 6.07) is 18.8. The first-order chi connectivity index (χ1) is 9.16. The van der Waals surface area contributed by atoms with Gasteiger partial charge in [0, 0.05) is 6.54 Å². The molecule has 0 atom stereocenters. The highest BCUT2D eigenvalue weighted by atomic mass is 32.2. The Bertz CT molecular complexity index is 595. The zero-order valence-electron chi connectivity index (χ0n) is 10.5. The molecule has 3 nitrogen and oxygen atoms in total. The quantitative estimate of drug-likeness (QED) is 0.880. The van der Waals surface area contributed by atoms with E-state index in [1.54, 1.807) is 0 Å². The third kappa shape index (κ3) is 4.85. The highest BCUT2D eigenvalue weighted by Gasteiger charge is 2.11. The molecule has 0 bridgehead atoms. The Labute approximate surface area is 114 Å². The topological polar surface area (TPSA) is 46.2 Å². The average molecular weight is 274 g/mol. The van der Waals surface area contributed by atoms with Gasteiger partial charge in [-0.1, -0.05) is 60.7 Å². The Morgan fingerprint density at radius 1 is 0.842 bits per heavy atom. The van der Waals surface area contributed by atoms with Crippen LogP contribution in [0, 0.1) is 5.88 Å². The molecule has 2 rings (SSSR count). The van der Waals surface area contributed by atoms with Crippen molar-refractivity contribution in [3.63, 3.8) is 0 Å². The summed E-state index contributed by atoms with van der Waals surface area (Å²) in [6.07, 6.45) is 0. The fourth-order valence-corrected chi connectivity index (χ4v) is 2.81. The van der Waals surface area contributed by atoms with Crippen LogP contribution in [0.3, 0.4) is 0 Å². The van der Waals surface area contributed by atoms with Gasteiger partial charge in [-0.05, 0) is 11.1 Å². The third-order valence-corrected chi connectivity index (χ3v) is 3.88. The van der Waals surface area contributed by atoms with Gasteiger partial charge in [-0.15, -0.1) is 0 Å². The van der Waals surface area contributed by atoms with Gasteiger partial charge in [-0.2, -0.15) is 0 Å². The second-order valence-corrected chi connectivity index (χ2v) is 6.13. The molecule has 0 saturated carbocycles. The van der Waals surface area contributed by atoms with Gasteiger partial charge >= 0.3 is 0 Å². The molecule has 4 heteroatoms. The minimum atomic E-state index is -3.24. The van der Waals surface area contributed by atoms with E-state index in [9.17, 15) is 8.42 Å². The molecule has 1 N–H and O–H groups in total. The van der Waals surface area contributed by atoms with Crippen molar-refractivity contribution in [3.05, 3.63) is 77.7 Å². The van der Waals surface area contributed by atoms with Crippen molar-refractivity contribution in [2.24, 2.45) is 0 Å². The van der Waals surface area contributed by atoms with Crippen LogP contribution in [0.25, 0.3) is 0 Å². The standard InChI is InChI=1S/C15H16NO2S/c17-19(18,12-15-9-5-2-6-10-15)13-16-11-14-7-3-1-4-8-14/h1-10,13,16H,11-12H2. The lowest BCUT2D eigenvalue weighted by molar-refractivity contribution is 0.595. The number of rotatable bonds is 6. The molecular formula is C15H16NO2S. The van der Waals surface area contributed by atoms with Crippen LogP contribution in [0.5, 0.6) is 0 Å². The smallest absolute Gasteiger partial charge is 0.172 e. The largest absolute Gasteiger partial charge is 0.295 e. The van der Waals surface area contributed by atoms with Gasteiger partial charge in [0.1, 0.15) is 5.88 Å². The molecule has 0 saturated heterocycles. The van der Waals surface area contributed by atoms with Crippen LogP contribution >= 0.6 is 0 Å². The second-order valence-electron chi connectivity index (χ2n) is 4.28. The summed E-state index contributed by atoms with van der Waals surface area (Å²) < 4.78 is 23.7. The zero-order valence-corrected chi connectivity index (χ0v) is 11.3. The summed E-state index contributed by atoms with van der Waals surface area (Å²) in [5.41, 5.74) is 1.84. The number of nitrogens with one attached hydrogen (secondary N) is 1. The van der Waals surface area contributed by atoms with E-state index in [0.717, 1.165) is 11.1 Å². The minimum Gasteiger partial charge on any atom is -0.295 e. The van der Waals surface area contributed by atoms with E-state index in [4.69, 9.17) is 0 Å². The van der Waals surface area contributed by atoms with E-state index in [1.807, 2.05) is 60.7 Å². The first-order valence-electron chi connectivity index (χ1n) is 6.03. The van der Waals surface area contributed by atoms with Crippen molar-refractivity contribution >= 4 is 9.84 Å². The summed E-state index contributed by atoms with van der Waals surface area (Å²) in [5.74, 6) is 1.21. The lowest BCUT2D eigenvalue weighted by Gasteiger charge is -2.06. The van der Waals surface area contributed by atoms with Crippen LogP contribution in [-0.4, -0.2) is 8.42 Å². The maximum absolute atomic E-state index is 11.9. The maximum Gasteiger partial charge on any atom is 0.172 e. The molecule has 0 aliphatic heterocycles. The summed E-state index contributed by atoms with van der Waals surface area (Å²) in [4.78, 5) is 0. The monoisotopic (exact) mass is 274 g/mol. The Hall–Kier alpha value is -1.65. The molecule has 0 spiro atoms. The summed E-state index contributed by atoms with van der Waals surface area (Å²) >= 11 is 0. The van der Waals surface area contributed by atoms with Crippen LogP contribution in [0.1, 0.15) is 11.1 Å². The van der Waals surface area contributed by atoms with Crippen LogP contribution in [0.2, 0.25) is 0 Å². The van der Waals surface area contributed by atoms with Crippen molar-refractivity contribution in [2.45, 2.75) is 12.3 Å². The van der Waals surface area contributed by atoms with Gasteiger partial charge in [0.15, 0.2) is 9.84 Å². The van der Waals surface area contributed by atoms with E-state index in [0.29, 0.717) is 6.54 Å². The van der Waals surface area contributed by atoms with Crippen molar-refractivity contribution in [1.29, 1.82) is 0 Å². The molecule has 0 fully saturated rings. The van der Waals surface area contributed by atoms with E-state index < -0.39 is 9.84 Å². The van der Waals surface area contributed by atoms with Crippen molar-refractivity contribution in [3.8, 4) is 0 Å². The summed E-state index contributed by atoms with van der Waals surface area (Å²) in [5, 5.41) is 2.85. The third-order valence-electron chi connectivity index (χ3n) is 2.62. The van der Waals surface area contributed by atoms with Crippen molar-refractivity contribution in [1.82, 2.24) is 5.32 Å². The maximum atomic E-state index is 11.9. The molecule has 0 aliphatic rings. The number of hydrogen-bond acceptors (Lipinski definition) is 3. The highest BCUT2D eigenvalue weighted by molar-refractivity contribution is 7.92. The average Bonchev–Trinajstić information content (AvgIpc) is 2.40. The fraction of sp³-hybridized carbons (Fsp3) is 0.133. The molecule has 1 radical (unpaired) electrons. The van der Waals surface area contributed by atoms with Crippen LogP contribution in [0.15, 0.2) is 60.7 Å². The molecule has 0 amide bonds. The van der Waals surface area contributed by atoms with Gasteiger partial charge in [0.25, 0.3) is 0 Å². The Morgan fingerprint density at radius 3 is 1.95 bits per heavy atom. The van der Waals surface area contributed by atoms with Crippen LogP contribution in [-0.2, 0) is 22.1 Å². The lowest BCUT2D eigenvalue weighted by Crippen LogP contribution is -2.18. The molecule has 0 unspecified atom stereocenters. The Kier molecular flexibility index (Phi) is 4.71. The predicted molar refractivity (Wildman–Crippen MR) is 76.6 cm³/mol. The lowest BCUT2D eigenvalue weighted by atomic mass is 10.2. The van der Waals surface area contributed by atoms with E-state index in [1.165, 1.54) is 5.88 Å². The van der Waals surface area contributed by atoms with Gasteiger partial charge < -0.3 is 0 Å².